The molecule has 4 heterocycles. The Kier molecular flexibility index (Phi) is 5.95. The fourth-order valence-electron chi connectivity index (χ4n) is 4.47. The molecule has 192 valence electrons. The van der Waals surface area contributed by atoms with Crippen molar-refractivity contribution in [1.82, 2.24) is 35.0 Å². The monoisotopic (exact) mass is 535 g/mol. The minimum absolute atomic E-state index is 0.0948. The SMILES string of the molecule is Nc1ncc(-c2cnn([C@@H](CC3CC3)c3ccc(-c4c(-n5cnnn5)ccc(Cl)c4F)c[n+]3[O-])c2)cc1F. The third kappa shape index (κ3) is 4.43. The van der Waals surface area contributed by atoms with Crippen LogP contribution in [0.15, 0.2) is 61.4 Å². The van der Waals surface area contributed by atoms with E-state index in [1.165, 1.54) is 35.5 Å². The molecular formula is C25H20ClF2N9O. The van der Waals surface area contributed by atoms with Gasteiger partial charge in [-0.3, -0.25) is 4.68 Å². The van der Waals surface area contributed by atoms with Crippen LogP contribution in [0.2, 0.25) is 5.02 Å². The number of rotatable bonds is 7. The summed E-state index contributed by atoms with van der Waals surface area (Å²) >= 11 is 6.07. The Balaban J connectivity index is 1.39. The van der Waals surface area contributed by atoms with Crippen molar-refractivity contribution in [3.63, 3.8) is 0 Å². The van der Waals surface area contributed by atoms with Gasteiger partial charge in [0.2, 0.25) is 5.69 Å². The molecule has 1 aromatic carbocycles. The molecule has 6 rings (SSSR count). The number of anilines is 1. The number of nitrogens with two attached hydrogens (primary N) is 1. The molecule has 1 aliphatic carbocycles. The van der Waals surface area contributed by atoms with Gasteiger partial charge in [-0.1, -0.05) is 24.4 Å². The molecule has 0 bridgehead atoms. The summed E-state index contributed by atoms with van der Waals surface area (Å²) in [6.07, 6.45) is 10.3. The molecule has 1 fully saturated rings. The first-order valence-electron chi connectivity index (χ1n) is 11.8. The summed E-state index contributed by atoms with van der Waals surface area (Å²) < 4.78 is 32.9. The second-order valence-corrected chi connectivity index (χ2v) is 9.58. The number of aromatic nitrogens is 8. The van der Waals surface area contributed by atoms with Crippen LogP contribution in [0.4, 0.5) is 14.6 Å². The molecule has 0 spiro atoms. The highest BCUT2D eigenvalue weighted by Crippen LogP contribution is 2.39. The lowest BCUT2D eigenvalue weighted by atomic mass is 10.0. The molecule has 5 aromatic rings. The van der Waals surface area contributed by atoms with Crippen LogP contribution < -0.4 is 10.5 Å². The zero-order valence-corrected chi connectivity index (χ0v) is 20.5. The van der Waals surface area contributed by atoms with E-state index in [1.807, 2.05) is 0 Å². The lowest BCUT2D eigenvalue weighted by Crippen LogP contribution is -2.35. The van der Waals surface area contributed by atoms with Gasteiger partial charge >= 0.3 is 0 Å². The first kappa shape index (κ1) is 23.9. The highest BCUT2D eigenvalue weighted by molar-refractivity contribution is 6.31. The van der Waals surface area contributed by atoms with Gasteiger partial charge in [-0.05, 0) is 47.0 Å². The predicted octanol–water partition coefficient (Wildman–Crippen LogP) is 4.12. The molecular weight excluding hydrogens is 516 g/mol. The third-order valence-corrected chi connectivity index (χ3v) is 6.91. The van der Waals surface area contributed by atoms with Gasteiger partial charge in [0, 0.05) is 29.6 Å². The molecule has 1 atom stereocenters. The molecule has 1 aliphatic rings. The average molecular weight is 536 g/mol. The Morgan fingerprint density at radius 2 is 1.97 bits per heavy atom. The number of nitrogen functional groups attached to an aromatic ring is 1. The molecule has 2 N–H and O–H groups in total. The first-order chi connectivity index (χ1) is 18.4. The summed E-state index contributed by atoms with van der Waals surface area (Å²) in [5, 5.41) is 28.8. The maximum Gasteiger partial charge on any atom is 0.217 e. The Labute approximate surface area is 219 Å². The second-order valence-electron chi connectivity index (χ2n) is 9.17. The van der Waals surface area contributed by atoms with E-state index in [1.54, 1.807) is 35.3 Å². The van der Waals surface area contributed by atoms with Crippen LogP contribution in [0.25, 0.3) is 27.9 Å². The Bertz CT molecular complexity index is 1640. The quantitative estimate of drug-likeness (QED) is 0.245. The van der Waals surface area contributed by atoms with E-state index in [0.29, 0.717) is 40.4 Å². The van der Waals surface area contributed by atoms with E-state index in [4.69, 9.17) is 17.3 Å². The van der Waals surface area contributed by atoms with Gasteiger partial charge in [-0.15, -0.1) is 5.10 Å². The van der Waals surface area contributed by atoms with E-state index < -0.39 is 17.7 Å². The summed E-state index contributed by atoms with van der Waals surface area (Å²) in [5.41, 5.74) is 7.83. The molecule has 10 nitrogen and oxygen atoms in total. The molecule has 38 heavy (non-hydrogen) atoms. The summed E-state index contributed by atoms with van der Waals surface area (Å²) in [5.74, 6) is -1.03. The number of benzene rings is 1. The van der Waals surface area contributed by atoms with E-state index >= 15 is 4.39 Å². The van der Waals surface area contributed by atoms with Crippen LogP contribution in [0, 0.1) is 22.8 Å². The molecule has 0 saturated heterocycles. The van der Waals surface area contributed by atoms with Gasteiger partial charge in [-0.25, -0.2) is 13.8 Å². The van der Waals surface area contributed by atoms with Gasteiger partial charge in [0.05, 0.1) is 28.0 Å². The highest BCUT2D eigenvalue weighted by Gasteiger charge is 2.32. The van der Waals surface area contributed by atoms with Crippen molar-refractivity contribution in [2.75, 3.05) is 5.73 Å². The van der Waals surface area contributed by atoms with Crippen LogP contribution in [-0.4, -0.2) is 35.0 Å². The van der Waals surface area contributed by atoms with Crippen molar-refractivity contribution >= 4 is 17.4 Å². The lowest BCUT2D eigenvalue weighted by molar-refractivity contribution is -0.615. The first-order valence-corrected chi connectivity index (χ1v) is 12.2. The average Bonchev–Trinajstić information content (AvgIpc) is 3.34. The smallest absolute Gasteiger partial charge is 0.217 e. The van der Waals surface area contributed by atoms with Crippen molar-refractivity contribution in [3.8, 4) is 27.9 Å². The normalized spacial score (nSPS) is 14.1. The highest BCUT2D eigenvalue weighted by atomic mass is 35.5. The fraction of sp³-hybridized carbons (Fsp3) is 0.200. The molecule has 0 aliphatic heterocycles. The molecule has 13 heteroatoms. The maximum absolute atomic E-state index is 15.2. The molecule has 4 aromatic heterocycles. The zero-order valence-electron chi connectivity index (χ0n) is 19.7. The largest absolute Gasteiger partial charge is 0.618 e. The number of halogens is 3. The molecule has 0 radical (unpaired) electrons. The van der Waals surface area contributed by atoms with E-state index in [-0.39, 0.29) is 16.4 Å². The van der Waals surface area contributed by atoms with Gasteiger partial charge in [0.15, 0.2) is 23.6 Å². The predicted molar refractivity (Wildman–Crippen MR) is 134 cm³/mol. The standard InChI is InChI=1S/C25H20ClF2N9O/c26-18-4-6-21(36-13-31-33-34-36)23(24(18)28)15-3-5-20(37(38)12-15)22(7-14-1-2-14)35-11-17(10-32-35)16-8-19(27)25(29)30-9-16/h3-6,8-14,22H,1-2,7H2,(H2,29,30)/t22-/m0/s1. The van der Waals surface area contributed by atoms with E-state index in [2.05, 4.69) is 25.6 Å². The van der Waals surface area contributed by atoms with Crippen molar-refractivity contribution in [2.24, 2.45) is 5.92 Å². The number of nitrogens with zero attached hydrogens (tertiary/aromatic N) is 8. The van der Waals surface area contributed by atoms with Crippen molar-refractivity contribution in [3.05, 3.63) is 89.0 Å². The maximum atomic E-state index is 15.2. The van der Waals surface area contributed by atoms with Gasteiger partial charge in [0.1, 0.15) is 12.4 Å². The van der Waals surface area contributed by atoms with Gasteiger partial charge < -0.3 is 10.9 Å². The van der Waals surface area contributed by atoms with Gasteiger partial charge in [-0.2, -0.15) is 14.5 Å². The second kappa shape index (κ2) is 9.45. The van der Waals surface area contributed by atoms with Crippen LogP contribution in [0.1, 0.15) is 31.0 Å². The van der Waals surface area contributed by atoms with E-state index in [9.17, 15) is 9.60 Å². The Hall–Kier alpha value is -4.45. The van der Waals surface area contributed by atoms with Crippen LogP contribution >= 0.6 is 11.6 Å². The summed E-state index contributed by atoms with van der Waals surface area (Å²) in [4.78, 5) is 3.87. The lowest BCUT2D eigenvalue weighted by Gasteiger charge is -2.18. The van der Waals surface area contributed by atoms with Crippen LogP contribution in [0.3, 0.4) is 0 Å². The third-order valence-electron chi connectivity index (χ3n) is 6.62. The van der Waals surface area contributed by atoms with Crippen molar-refractivity contribution in [2.45, 2.75) is 25.3 Å². The fourth-order valence-corrected chi connectivity index (χ4v) is 4.63. The molecule has 0 amide bonds. The summed E-state index contributed by atoms with van der Waals surface area (Å²) in [7, 11) is 0. The molecule has 0 unspecified atom stereocenters. The number of hydrogen-bond acceptors (Lipinski definition) is 7. The van der Waals surface area contributed by atoms with Crippen LogP contribution in [0.5, 0.6) is 0 Å². The number of tetrazole rings is 1. The minimum Gasteiger partial charge on any atom is -0.618 e. The summed E-state index contributed by atoms with van der Waals surface area (Å²) in [6, 6.07) is 7.21. The Morgan fingerprint density at radius 1 is 1.13 bits per heavy atom. The van der Waals surface area contributed by atoms with E-state index in [0.717, 1.165) is 17.6 Å². The number of pyridine rings is 2. The van der Waals surface area contributed by atoms with Crippen molar-refractivity contribution in [1.29, 1.82) is 0 Å². The topological polar surface area (TPSA) is 127 Å². The number of hydrogen-bond donors (Lipinski definition) is 1. The summed E-state index contributed by atoms with van der Waals surface area (Å²) in [6.45, 7) is 0. The van der Waals surface area contributed by atoms with Crippen molar-refractivity contribution < 1.29 is 13.5 Å². The zero-order chi connectivity index (χ0) is 26.4. The van der Waals surface area contributed by atoms with Gasteiger partial charge in [0.25, 0.3) is 0 Å². The molecule has 1 saturated carbocycles. The minimum atomic E-state index is -0.692. The Morgan fingerprint density at radius 3 is 2.68 bits per heavy atom. The van der Waals surface area contributed by atoms with Crippen LogP contribution in [-0.2, 0) is 0 Å².